The van der Waals surface area contributed by atoms with Crippen molar-refractivity contribution >= 4 is 17.6 Å². The summed E-state index contributed by atoms with van der Waals surface area (Å²) >= 11 is 0. The number of aryl methyl sites for hydroxylation is 1. The van der Waals surface area contributed by atoms with E-state index in [9.17, 15) is 14.7 Å². The molecule has 0 aromatic heterocycles. The van der Waals surface area contributed by atoms with Gasteiger partial charge >= 0.3 is 0 Å². The molecule has 0 aliphatic rings. The van der Waals surface area contributed by atoms with Crippen molar-refractivity contribution in [2.24, 2.45) is 0 Å². The number of nitrogens with one attached hydrogen (secondary N) is 1. The molecule has 78 valence electrons. The number of rotatable bonds is 3. The van der Waals surface area contributed by atoms with Gasteiger partial charge < -0.3 is 15.2 Å². The number of carboxylic acids is 1. The summed E-state index contributed by atoms with van der Waals surface area (Å²) in [7, 11) is 0. The molecule has 1 N–H and O–H groups in total. The zero-order valence-corrected chi connectivity index (χ0v) is 8.19. The Labute approximate surface area is 87.2 Å². The van der Waals surface area contributed by atoms with Crippen LogP contribution in [0.25, 0.3) is 0 Å². The third-order valence-corrected chi connectivity index (χ3v) is 1.69. The molecule has 4 heteroatoms. The average Bonchev–Trinajstić information content (AvgIpc) is 2.19. The minimum Gasteiger partial charge on any atom is -0.545 e. The van der Waals surface area contributed by atoms with Crippen LogP contribution in [-0.2, 0) is 9.59 Å². The number of amides is 1. The molecule has 1 rings (SSSR count). The van der Waals surface area contributed by atoms with Crippen molar-refractivity contribution in [3.8, 4) is 0 Å². The van der Waals surface area contributed by atoms with Gasteiger partial charge in [-0.3, -0.25) is 4.79 Å². The minimum atomic E-state index is -1.39. The maximum absolute atomic E-state index is 11.1. The van der Waals surface area contributed by atoms with Crippen LogP contribution in [0.5, 0.6) is 0 Å². The molecule has 0 radical (unpaired) electrons. The normalized spacial score (nSPS) is 10.2. The first-order valence-electron chi connectivity index (χ1n) is 4.34. The van der Waals surface area contributed by atoms with Crippen molar-refractivity contribution in [3.05, 3.63) is 42.0 Å². The van der Waals surface area contributed by atoms with Gasteiger partial charge in [0.2, 0.25) is 5.91 Å². The minimum absolute atomic E-state index is 0.497. The predicted molar refractivity (Wildman–Crippen MR) is 54.0 cm³/mol. The van der Waals surface area contributed by atoms with Crippen LogP contribution in [0.15, 0.2) is 36.4 Å². The molecular formula is C11H10NO3-. The highest BCUT2D eigenvalue weighted by Crippen LogP contribution is 2.08. The highest BCUT2D eigenvalue weighted by molar-refractivity contribution is 6.02. The molecule has 0 aliphatic heterocycles. The van der Waals surface area contributed by atoms with Gasteiger partial charge in [0, 0.05) is 11.8 Å². The van der Waals surface area contributed by atoms with E-state index < -0.39 is 11.9 Å². The van der Waals surface area contributed by atoms with Crippen molar-refractivity contribution in [3.63, 3.8) is 0 Å². The molecule has 0 saturated heterocycles. The van der Waals surface area contributed by atoms with Crippen molar-refractivity contribution < 1.29 is 14.7 Å². The third-order valence-electron chi connectivity index (χ3n) is 1.69. The molecule has 0 aliphatic carbocycles. The van der Waals surface area contributed by atoms with Gasteiger partial charge in [0.1, 0.15) is 0 Å². The SMILES string of the molecule is Cc1ccc(NC(=O)/C=C\C(=O)[O-])cc1. The van der Waals surface area contributed by atoms with Gasteiger partial charge in [0.15, 0.2) is 0 Å². The Hall–Kier alpha value is -2.10. The van der Waals surface area contributed by atoms with Crippen LogP contribution in [0.2, 0.25) is 0 Å². The molecule has 0 saturated carbocycles. The van der Waals surface area contributed by atoms with E-state index in [-0.39, 0.29) is 0 Å². The molecule has 4 nitrogen and oxygen atoms in total. The van der Waals surface area contributed by atoms with Gasteiger partial charge in [-0.2, -0.15) is 0 Å². The Bertz CT molecular complexity index is 393. The summed E-state index contributed by atoms with van der Waals surface area (Å²) in [6.45, 7) is 1.93. The van der Waals surface area contributed by atoms with E-state index in [4.69, 9.17) is 0 Å². The Morgan fingerprint density at radius 2 is 1.80 bits per heavy atom. The average molecular weight is 204 g/mol. The number of carbonyl (C=O) groups excluding carboxylic acids is 2. The first-order chi connectivity index (χ1) is 7.08. The Morgan fingerprint density at radius 3 is 2.33 bits per heavy atom. The zero-order valence-electron chi connectivity index (χ0n) is 8.19. The number of hydrogen-bond donors (Lipinski definition) is 1. The molecule has 1 aromatic carbocycles. The smallest absolute Gasteiger partial charge is 0.248 e. The second-order valence-corrected chi connectivity index (χ2v) is 3.01. The van der Waals surface area contributed by atoms with E-state index in [1.807, 2.05) is 19.1 Å². The maximum atomic E-state index is 11.1. The monoisotopic (exact) mass is 204 g/mol. The molecule has 1 amide bonds. The lowest BCUT2D eigenvalue weighted by atomic mass is 10.2. The first-order valence-corrected chi connectivity index (χ1v) is 4.34. The molecule has 0 bridgehead atoms. The summed E-state index contributed by atoms with van der Waals surface area (Å²) in [5, 5.41) is 12.5. The van der Waals surface area contributed by atoms with Crippen LogP contribution in [-0.4, -0.2) is 11.9 Å². The van der Waals surface area contributed by atoms with E-state index in [0.29, 0.717) is 11.8 Å². The fourth-order valence-electron chi connectivity index (χ4n) is 0.965. The van der Waals surface area contributed by atoms with Crippen LogP contribution in [0, 0.1) is 6.92 Å². The number of carbonyl (C=O) groups is 2. The van der Waals surface area contributed by atoms with Gasteiger partial charge in [-0.1, -0.05) is 17.7 Å². The van der Waals surface area contributed by atoms with E-state index in [2.05, 4.69) is 5.32 Å². The second kappa shape index (κ2) is 4.95. The first kappa shape index (κ1) is 11.0. The van der Waals surface area contributed by atoms with Crippen LogP contribution in [0.1, 0.15) is 5.56 Å². The van der Waals surface area contributed by atoms with E-state index in [1.54, 1.807) is 12.1 Å². The van der Waals surface area contributed by atoms with Crippen molar-refractivity contribution in [2.75, 3.05) is 5.32 Å². The van der Waals surface area contributed by atoms with Crippen LogP contribution in [0.3, 0.4) is 0 Å². The highest BCUT2D eigenvalue weighted by atomic mass is 16.4. The molecule has 1 aromatic rings. The summed E-state index contributed by atoms with van der Waals surface area (Å²) in [5.41, 5.74) is 1.70. The number of anilines is 1. The third kappa shape index (κ3) is 4.08. The number of aliphatic carboxylic acids is 1. The van der Waals surface area contributed by atoms with Crippen molar-refractivity contribution in [1.82, 2.24) is 0 Å². The van der Waals surface area contributed by atoms with Crippen molar-refractivity contribution in [1.29, 1.82) is 0 Å². The summed E-state index contributed by atoms with van der Waals surface area (Å²) in [4.78, 5) is 21.1. The zero-order chi connectivity index (χ0) is 11.3. The quantitative estimate of drug-likeness (QED) is 0.717. The summed E-state index contributed by atoms with van der Waals surface area (Å²) in [5.74, 6) is -1.89. The molecule has 15 heavy (non-hydrogen) atoms. The lowest BCUT2D eigenvalue weighted by Crippen LogP contribution is -2.20. The van der Waals surface area contributed by atoms with E-state index in [1.165, 1.54) is 0 Å². The lowest BCUT2D eigenvalue weighted by Gasteiger charge is -2.02. The van der Waals surface area contributed by atoms with Crippen molar-refractivity contribution in [2.45, 2.75) is 6.92 Å². The molecular weight excluding hydrogens is 194 g/mol. The van der Waals surface area contributed by atoms with E-state index >= 15 is 0 Å². The number of carboxylic acid groups (broad SMARTS) is 1. The summed E-state index contributed by atoms with van der Waals surface area (Å²) < 4.78 is 0. The number of hydrogen-bond acceptors (Lipinski definition) is 3. The van der Waals surface area contributed by atoms with Gasteiger partial charge in [0.05, 0.1) is 5.97 Å². The molecule has 0 spiro atoms. The summed E-state index contributed by atoms with van der Waals surface area (Å²) in [6.07, 6.45) is 1.60. The lowest BCUT2D eigenvalue weighted by molar-refractivity contribution is -0.297. The molecule has 0 heterocycles. The van der Waals surface area contributed by atoms with Gasteiger partial charge in [-0.05, 0) is 25.1 Å². The highest BCUT2D eigenvalue weighted by Gasteiger charge is 1.96. The van der Waals surface area contributed by atoms with Crippen LogP contribution in [0.4, 0.5) is 5.69 Å². The Kier molecular flexibility index (Phi) is 3.62. The van der Waals surface area contributed by atoms with Crippen LogP contribution >= 0.6 is 0 Å². The maximum Gasteiger partial charge on any atom is 0.248 e. The fourth-order valence-corrected chi connectivity index (χ4v) is 0.965. The second-order valence-electron chi connectivity index (χ2n) is 3.01. The van der Waals surface area contributed by atoms with E-state index in [0.717, 1.165) is 11.6 Å². The van der Waals surface area contributed by atoms with Gasteiger partial charge in [-0.25, -0.2) is 0 Å². The molecule has 0 fully saturated rings. The number of benzene rings is 1. The largest absolute Gasteiger partial charge is 0.545 e. The topological polar surface area (TPSA) is 69.2 Å². The molecule has 0 unspecified atom stereocenters. The Balaban J connectivity index is 2.59. The van der Waals surface area contributed by atoms with Crippen LogP contribution < -0.4 is 10.4 Å². The molecule has 0 atom stereocenters. The predicted octanol–water partition coefficient (Wildman–Crippen LogP) is 0.240. The standard InChI is InChI=1S/C11H11NO3/c1-8-2-4-9(5-3-8)12-10(13)6-7-11(14)15/h2-7H,1H3,(H,12,13)(H,14,15)/p-1/b7-6-. The van der Waals surface area contributed by atoms with Gasteiger partial charge in [0.25, 0.3) is 0 Å². The summed E-state index contributed by atoms with van der Waals surface area (Å²) in [6, 6.07) is 7.16. The fraction of sp³-hybridized carbons (Fsp3) is 0.0909. The Morgan fingerprint density at radius 1 is 1.20 bits per heavy atom. The van der Waals surface area contributed by atoms with Gasteiger partial charge in [-0.15, -0.1) is 0 Å².